The highest BCUT2D eigenvalue weighted by molar-refractivity contribution is 7.09. The van der Waals surface area contributed by atoms with Gasteiger partial charge in [-0.15, -0.1) is 11.3 Å². The van der Waals surface area contributed by atoms with Crippen molar-refractivity contribution in [1.82, 2.24) is 9.88 Å². The second-order valence-corrected chi connectivity index (χ2v) is 6.59. The van der Waals surface area contributed by atoms with E-state index in [1.165, 1.54) is 0 Å². The number of carbonyl (C=O) groups is 2. The van der Waals surface area contributed by atoms with Crippen LogP contribution in [-0.2, 0) is 9.59 Å². The van der Waals surface area contributed by atoms with Gasteiger partial charge in [0.1, 0.15) is 0 Å². The Balaban J connectivity index is 1.90. The van der Waals surface area contributed by atoms with Gasteiger partial charge < -0.3 is 10.0 Å². The highest BCUT2D eigenvalue weighted by Crippen LogP contribution is 2.44. The van der Waals surface area contributed by atoms with Crippen molar-refractivity contribution in [2.45, 2.75) is 38.5 Å². The zero-order valence-corrected chi connectivity index (χ0v) is 12.7. The van der Waals surface area contributed by atoms with Crippen LogP contribution in [0.15, 0.2) is 11.6 Å². The van der Waals surface area contributed by atoms with Crippen molar-refractivity contribution >= 4 is 23.2 Å². The Morgan fingerprint density at radius 3 is 2.70 bits per heavy atom. The Labute approximate surface area is 122 Å². The minimum absolute atomic E-state index is 0.0875. The number of hydrogen-bond acceptors (Lipinski definition) is 4. The molecular formula is C14H20N2O3S. The SMILES string of the molecule is CC(CN(C)C(=O)CC1(C(=O)O)CCC1)c1nccs1. The fourth-order valence-electron chi connectivity index (χ4n) is 2.56. The van der Waals surface area contributed by atoms with Crippen LogP contribution in [0.25, 0.3) is 0 Å². The molecule has 0 aliphatic heterocycles. The van der Waals surface area contributed by atoms with Gasteiger partial charge in [0.05, 0.1) is 10.4 Å². The number of carboxylic acids is 1. The molecule has 1 heterocycles. The molecule has 0 aromatic carbocycles. The first-order valence-corrected chi connectivity index (χ1v) is 7.69. The Kier molecular flexibility index (Phi) is 4.42. The molecule has 6 heteroatoms. The van der Waals surface area contributed by atoms with Gasteiger partial charge in [-0.1, -0.05) is 13.3 Å². The molecule has 20 heavy (non-hydrogen) atoms. The van der Waals surface area contributed by atoms with E-state index < -0.39 is 11.4 Å². The van der Waals surface area contributed by atoms with Crippen molar-refractivity contribution < 1.29 is 14.7 Å². The van der Waals surface area contributed by atoms with Crippen LogP contribution in [0.4, 0.5) is 0 Å². The predicted molar refractivity (Wildman–Crippen MR) is 76.7 cm³/mol. The van der Waals surface area contributed by atoms with Gasteiger partial charge in [-0.05, 0) is 12.8 Å². The smallest absolute Gasteiger partial charge is 0.310 e. The lowest BCUT2D eigenvalue weighted by Crippen LogP contribution is -2.43. The molecule has 1 aromatic rings. The molecule has 1 fully saturated rings. The summed E-state index contributed by atoms with van der Waals surface area (Å²) in [6.07, 6.45) is 4.00. The number of carbonyl (C=O) groups excluding carboxylic acids is 1. The van der Waals surface area contributed by atoms with Crippen molar-refractivity contribution in [3.63, 3.8) is 0 Å². The number of aliphatic carboxylic acids is 1. The standard InChI is InChI=1S/C14H20N2O3S/c1-10(12-15-6-7-20-12)9-16(2)11(17)8-14(13(18)19)4-3-5-14/h6-7,10H,3-5,8-9H2,1-2H3,(H,18,19). The van der Waals surface area contributed by atoms with Crippen molar-refractivity contribution in [3.05, 3.63) is 16.6 Å². The van der Waals surface area contributed by atoms with E-state index in [-0.39, 0.29) is 18.2 Å². The third-order valence-corrected chi connectivity index (χ3v) is 5.11. The lowest BCUT2D eigenvalue weighted by Gasteiger charge is -2.38. The molecule has 0 bridgehead atoms. The van der Waals surface area contributed by atoms with Crippen LogP contribution in [0.5, 0.6) is 0 Å². The number of hydrogen-bond donors (Lipinski definition) is 1. The molecule has 1 saturated carbocycles. The lowest BCUT2D eigenvalue weighted by molar-refractivity contribution is -0.159. The third kappa shape index (κ3) is 3.00. The van der Waals surface area contributed by atoms with Gasteiger partial charge in [0.15, 0.2) is 0 Å². The number of aromatic nitrogens is 1. The molecule has 2 rings (SSSR count). The minimum Gasteiger partial charge on any atom is -0.481 e. The number of carboxylic acid groups (broad SMARTS) is 1. The Bertz CT molecular complexity index is 483. The summed E-state index contributed by atoms with van der Waals surface area (Å²) in [7, 11) is 1.74. The zero-order valence-electron chi connectivity index (χ0n) is 11.8. The van der Waals surface area contributed by atoms with Crippen molar-refractivity contribution in [1.29, 1.82) is 0 Å². The van der Waals surface area contributed by atoms with Gasteiger partial charge in [0.25, 0.3) is 0 Å². The average Bonchev–Trinajstić information content (AvgIpc) is 2.86. The summed E-state index contributed by atoms with van der Waals surface area (Å²) in [4.78, 5) is 29.4. The van der Waals surface area contributed by atoms with Crippen molar-refractivity contribution in [3.8, 4) is 0 Å². The molecule has 1 N–H and O–H groups in total. The van der Waals surface area contributed by atoms with E-state index in [9.17, 15) is 14.7 Å². The molecule has 5 nitrogen and oxygen atoms in total. The summed E-state index contributed by atoms with van der Waals surface area (Å²) < 4.78 is 0. The van der Waals surface area contributed by atoms with E-state index >= 15 is 0 Å². The van der Waals surface area contributed by atoms with E-state index in [0.29, 0.717) is 19.4 Å². The van der Waals surface area contributed by atoms with Crippen LogP contribution in [0.3, 0.4) is 0 Å². The molecule has 1 unspecified atom stereocenters. The molecule has 1 aliphatic carbocycles. The summed E-state index contributed by atoms with van der Waals surface area (Å²) in [5.41, 5.74) is -0.810. The van der Waals surface area contributed by atoms with Crippen LogP contribution in [0, 0.1) is 5.41 Å². The Hall–Kier alpha value is -1.43. The molecular weight excluding hydrogens is 276 g/mol. The lowest BCUT2D eigenvalue weighted by atomic mass is 9.66. The van der Waals surface area contributed by atoms with E-state index in [1.54, 1.807) is 29.5 Å². The van der Waals surface area contributed by atoms with E-state index in [0.717, 1.165) is 11.4 Å². The van der Waals surface area contributed by atoms with Gasteiger partial charge in [-0.3, -0.25) is 9.59 Å². The van der Waals surface area contributed by atoms with Crippen LogP contribution in [0.2, 0.25) is 0 Å². The molecule has 1 aromatic heterocycles. The maximum absolute atomic E-state index is 12.2. The Morgan fingerprint density at radius 1 is 1.55 bits per heavy atom. The molecule has 1 amide bonds. The summed E-state index contributed by atoms with van der Waals surface area (Å²) in [5.74, 6) is -0.750. The quantitative estimate of drug-likeness (QED) is 0.874. The van der Waals surface area contributed by atoms with Crippen molar-refractivity contribution in [2.24, 2.45) is 5.41 Å². The zero-order chi connectivity index (χ0) is 14.8. The third-order valence-electron chi connectivity index (χ3n) is 4.10. The number of rotatable bonds is 6. The van der Waals surface area contributed by atoms with Crippen molar-refractivity contribution in [2.75, 3.05) is 13.6 Å². The Morgan fingerprint density at radius 2 is 2.25 bits per heavy atom. The second-order valence-electron chi connectivity index (χ2n) is 5.66. The van der Waals surface area contributed by atoms with Crippen LogP contribution < -0.4 is 0 Å². The monoisotopic (exact) mass is 296 g/mol. The second kappa shape index (κ2) is 5.91. The van der Waals surface area contributed by atoms with E-state index in [1.807, 2.05) is 12.3 Å². The topological polar surface area (TPSA) is 70.5 Å². The fraction of sp³-hybridized carbons (Fsp3) is 0.643. The first-order valence-electron chi connectivity index (χ1n) is 6.81. The predicted octanol–water partition coefficient (Wildman–Crippen LogP) is 2.35. The maximum Gasteiger partial charge on any atom is 0.310 e. The first kappa shape index (κ1) is 15.0. The van der Waals surface area contributed by atoms with Gasteiger partial charge in [0, 0.05) is 37.5 Å². The molecule has 1 aliphatic rings. The first-order chi connectivity index (χ1) is 9.44. The summed E-state index contributed by atoms with van der Waals surface area (Å²) >= 11 is 1.58. The largest absolute Gasteiger partial charge is 0.481 e. The number of nitrogens with zero attached hydrogens (tertiary/aromatic N) is 2. The van der Waals surface area contributed by atoms with Crippen LogP contribution in [0.1, 0.15) is 43.5 Å². The minimum atomic E-state index is -0.835. The van der Waals surface area contributed by atoms with Gasteiger partial charge in [0.2, 0.25) is 5.91 Å². The molecule has 110 valence electrons. The number of likely N-dealkylation sites (N-methyl/N-ethyl adjacent to an activating group) is 1. The number of amides is 1. The summed E-state index contributed by atoms with van der Waals surface area (Å²) in [6, 6.07) is 0. The molecule has 1 atom stereocenters. The molecule has 0 saturated heterocycles. The van der Waals surface area contributed by atoms with E-state index in [4.69, 9.17) is 0 Å². The average molecular weight is 296 g/mol. The normalized spacial score (nSPS) is 18.1. The number of thiazole rings is 1. The molecule has 0 spiro atoms. The maximum atomic E-state index is 12.2. The highest BCUT2D eigenvalue weighted by Gasteiger charge is 2.46. The summed E-state index contributed by atoms with van der Waals surface area (Å²) in [6.45, 7) is 2.60. The molecule has 0 radical (unpaired) electrons. The van der Waals surface area contributed by atoms with Crippen LogP contribution >= 0.6 is 11.3 Å². The van der Waals surface area contributed by atoms with Gasteiger partial charge >= 0.3 is 5.97 Å². The van der Waals surface area contributed by atoms with Crippen LogP contribution in [-0.4, -0.2) is 40.5 Å². The van der Waals surface area contributed by atoms with Gasteiger partial charge in [-0.2, -0.15) is 0 Å². The van der Waals surface area contributed by atoms with Gasteiger partial charge in [-0.25, -0.2) is 4.98 Å². The van der Waals surface area contributed by atoms with E-state index in [2.05, 4.69) is 4.98 Å². The fourth-order valence-corrected chi connectivity index (χ4v) is 3.25. The summed E-state index contributed by atoms with van der Waals surface area (Å²) in [5, 5.41) is 12.2. The highest BCUT2D eigenvalue weighted by atomic mass is 32.1.